The molecule has 0 fully saturated rings. The third-order valence-electron chi connectivity index (χ3n) is 3.59. The number of hydrogen-bond donors (Lipinski definition) is 1. The van der Waals surface area contributed by atoms with Gasteiger partial charge in [0, 0.05) is 12.6 Å². The highest BCUT2D eigenvalue weighted by atomic mass is 19.1. The Morgan fingerprint density at radius 1 is 1.24 bits per heavy atom. The molecule has 0 saturated heterocycles. The zero-order valence-corrected chi connectivity index (χ0v) is 12.8. The fraction of sp³-hybridized carbons (Fsp3) is 0.412. The summed E-state index contributed by atoms with van der Waals surface area (Å²) >= 11 is 0. The Morgan fingerprint density at radius 2 is 2.05 bits per heavy atom. The van der Waals surface area contributed by atoms with Crippen molar-refractivity contribution in [3.63, 3.8) is 0 Å². The SMILES string of the molecule is CC(Cc1cccc(F)c1)NCC(c1ccco1)N(C)C. The van der Waals surface area contributed by atoms with Crippen LogP contribution in [-0.2, 0) is 6.42 Å². The van der Waals surface area contributed by atoms with Crippen LogP contribution in [0.2, 0.25) is 0 Å². The Morgan fingerprint density at radius 3 is 2.67 bits per heavy atom. The molecule has 0 aliphatic carbocycles. The second kappa shape index (κ2) is 7.38. The third-order valence-corrected chi connectivity index (χ3v) is 3.59. The number of benzene rings is 1. The Kier molecular flexibility index (Phi) is 5.53. The lowest BCUT2D eigenvalue weighted by molar-refractivity contribution is 0.245. The normalized spacial score (nSPS) is 14.3. The van der Waals surface area contributed by atoms with Crippen molar-refractivity contribution in [3.05, 3.63) is 59.8 Å². The van der Waals surface area contributed by atoms with E-state index >= 15 is 0 Å². The summed E-state index contributed by atoms with van der Waals surface area (Å²) in [6.07, 6.45) is 2.50. The van der Waals surface area contributed by atoms with Gasteiger partial charge in [-0.2, -0.15) is 0 Å². The van der Waals surface area contributed by atoms with E-state index in [4.69, 9.17) is 4.42 Å². The molecule has 0 amide bonds. The van der Waals surface area contributed by atoms with Crippen LogP contribution in [0.15, 0.2) is 47.1 Å². The van der Waals surface area contributed by atoms with E-state index in [0.717, 1.165) is 24.3 Å². The Bertz CT molecular complexity index is 539. The first-order chi connectivity index (χ1) is 10.1. The van der Waals surface area contributed by atoms with Gasteiger partial charge in [-0.15, -0.1) is 0 Å². The minimum Gasteiger partial charge on any atom is -0.468 e. The molecule has 4 heteroatoms. The van der Waals surface area contributed by atoms with Gasteiger partial charge in [0.2, 0.25) is 0 Å². The summed E-state index contributed by atoms with van der Waals surface area (Å²) in [6.45, 7) is 2.90. The van der Waals surface area contributed by atoms with Crippen LogP contribution < -0.4 is 5.32 Å². The maximum atomic E-state index is 13.2. The first-order valence-electron chi connectivity index (χ1n) is 7.24. The van der Waals surface area contributed by atoms with Crippen molar-refractivity contribution >= 4 is 0 Å². The van der Waals surface area contributed by atoms with Crippen molar-refractivity contribution in [1.82, 2.24) is 10.2 Å². The highest BCUT2D eigenvalue weighted by molar-refractivity contribution is 5.17. The number of likely N-dealkylation sites (N-methyl/N-ethyl adjacent to an activating group) is 1. The van der Waals surface area contributed by atoms with Gasteiger partial charge in [0.15, 0.2) is 0 Å². The zero-order chi connectivity index (χ0) is 15.2. The minimum atomic E-state index is -0.179. The molecule has 2 rings (SSSR count). The van der Waals surface area contributed by atoms with E-state index in [9.17, 15) is 4.39 Å². The topological polar surface area (TPSA) is 28.4 Å². The average molecular weight is 290 g/mol. The Hall–Kier alpha value is -1.65. The quantitative estimate of drug-likeness (QED) is 0.848. The van der Waals surface area contributed by atoms with Crippen LogP contribution in [0.1, 0.15) is 24.3 Å². The predicted octanol–water partition coefficient (Wildman–Crippen LogP) is 3.24. The summed E-state index contributed by atoms with van der Waals surface area (Å²) < 4.78 is 18.7. The number of nitrogens with zero attached hydrogens (tertiary/aromatic N) is 1. The van der Waals surface area contributed by atoms with E-state index in [1.54, 1.807) is 18.4 Å². The van der Waals surface area contributed by atoms with Gasteiger partial charge in [0.1, 0.15) is 11.6 Å². The van der Waals surface area contributed by atoms with Crippen molar-refractivity contribution in [2.24, 2.45) is 0 Å². The molecule has 0 aliphatic rings. The molecule has 1 N–H and O–H groups in total. The van der Waals surface area contributed by atoms with Crippen molar-refractivity contribution < 1.29 is 8.81 Å². The molecule has 2 atom stereocenters. The van der Waals surface area contributed by atoms with Gasteiger partial charge in [0.05, 0.1) is 12.3 Å². The fourth-order valence-corrected chi connectivity index (χ4v) is 2.42. The summed E-state index contributed by atoms with van der Waals surface area (Å²) in [6, 6.07) is 11.1. The summed E-state index contributed by atoms with van der Waals surface area (Å²) in [5.41, 5.74) is 1.01. The van der Waals surface area contributed by atoms with E-state index in [-0.39, 0.29) is 17.9 Å². The highest BCUT2D eigenvalue weighted by Crippen LogP contribution is 2.18. The maximum Gasteiger partial charge on any atom is 0.123 e. The van der Waals surface area contributed by atoms with Crippen molar-refractivity contribution in [1.29, 1.82) is 0 Å². The molecule has 0 bridgehead atoms. The fourth-order valence-electron chi connectivity index (χ4n) is 2.42. The maximum absolute atomic E-state index is 13.2. The molecule has 0 saturated carbocycles. The van der Waals surface area contributed by atoms with Crippen molar-refractivity contribution in [2.75, 3.05) is 20.6 Å². The van der Waals surface area contributed by atoms with Crippen LogP contribution in [0.5, 0.6) is 0 Å². The smallest absolute Gasteiger partial charge is 0.123 e. The van der Waals surface area contributed by atoms with Gasteiger partial charge in [-0.3, -0.25) is 4.90 Å². The predicted molar refractivity (Wildman–Crippen MR) is 82.7 cm³/mol. The molecule has 1 heterocycles. The standard InChI is InChI=1S/C17H23FN2O/c1-13(10-14-6-4-7-15(18)11-14)19-12-16(20(2)3)17-8-5-9-21-17/h4-9,11,13,16,19H,10,12H2,1-3H3. The number of hydrogen-bond acceptors (Lipinski definition) is 3. The van der Waals surface area contributed by atoms with E-state index in [1.807, 2.05) is 32.3 Å². The van der Waals surface area contributed by atoms with Crippen LogP contribution in [-0.4, -0.2) is 31.6 Å². The van der Waals surface area contributed by atoms with Crippen molar-refractivity contribution in [3.8, 4) is 0 Å². The van der Waals surface area contributed by atoms with Crippen molar-refractivity contribution in [2.45, 2.75) is 25.4 Å². The lowest BCUT2D eigenvalue weighted by Crippen LogP contribution is -2.36. The molecule has 1 aromatic carbocycles. The van der Waals surface area contributed by atoms with Gasteiger partial charge in [0.25, 0.3) is 0 Å². The van der Waals surface area contributed by atoms with E-state index < -0.39 is 0 Å². The van der Waals surface area contributed by atoms with Gasteiger partial charge < -0.3 is 9.73 Å². The molecule has 1 aromatic heterocycles. The molecular formula is C17H23FN2O. The van der Waals surface area contributed by atoms with Crippen LogP contribution in [0.25, 0.3) is 0 Å². The average Bonchev–Trinajstić information content (AvgIpc) is 2.92. The molecular weight excluding hydrogens is 267 g/mol. The largest absolute Gasteiger partial charge is 0.468 e. The van der Waals surface area contributed by atoms with Crippen LogP contribution in [0.3, 0.4) is 0 Å². The summed E-state index contributed by atoms with van der Waals surface area (Å²) in [5.74, 6) is 0.770. The Labute approximate surface area is 125 Å². The summed E-state index contributed by atoms with van der Waals surface area (Å²) in [7, 11) is 4.07. The lowest BCUT2D eigenvalue weighted by atomic mass is 10.1. The van der Waals surface area contributed by atoms with Crippen LogP contribution >= 0.6 is 0 Å². The Balaban J connectivity index is 1.89. The third kappa shape index (κ3) is 4.69. The second-order valence-electron chi connectivity index (χ2n) is 5.64. The first-order valence-corrected chi connectivity index (χ1v) is 7.24. The monoisotopic (exact) mass is 290 g/mol. The first kappa shape index (κ1) is 15.7. The lowest BCUT2D eigenvalue weighted by Gasteiger charge is -2.25. The molecule has 21 heavy (non-hydrogen) atoms. The van der Waals surface area contributed by atoms with E-state index in [2.05, 4.69) is 17.1 Å². The molecule has 0 spiro atoms. The summed E-state index contributed by atoms with van der Waals surface area (Å²) in [4.78, 5) is 2.13. The summed E-state index contributed by atoms with van der Waals surface area (Å²) in [5, 5.41) is 3.50. The molecule has 114 valence electrons. The second-order valence-corrected chi connectivity index (χ2v) is 5.64. The van der Waals surface area contributed by atoms with Crippen LogP contribution in [0, 0.1) is 5.82 Å². The van der Waals surface area contributed by atoms with E-state index in [1.165, 1.54) is 6.07 Å². The number of rotatable bonds is 7. The van der Waals surface area contributed by atoms with Gasteiger partial charge in [-0.1, -0.05) is 12.1 Å². The molecule has 0 aliphatic heterocycles. The minimum absolute atomic E-state index is 0.179. The molecule has 3 nitrogen and oxygen atoms in total. The van der Waals surface area contributed by atoms with Gasteiger partial charge in [-0.25, -0.2) is 4.39 Å². The van der Waals surface area contributed by atoms with E-state index in [0.29, 0.717) is 0 Å². The van der Waals surface area contributed by atoms with Crippen LogP contribution in [0.4, 0.5) is 4.39 Å². The molecule has 2 unspecified atom stereocenters. The number of halogens is 1. The highest BCUT2D eigenvalue weighted by Gasteiger charge is 2.17. The number of furan rings is 1. The molecule has 2 aromatic rings. The molecule has 0 radical (unpaired) electrons. The van der Waals surface area contributed by atoms with Gasteiger partial charge in [-0.05, 0) is 57.3 Å². The number of nitrogens with one attached hydrogen (secondary N) is 1. The van der Waals surface area contributed by atoms with Gasteiger partial charge >= 0.3 is 0 Å². The zero-order valence-electron chi connectivity index (χ0n) is 12.8.